The maximum atomic E-state index is 14.0. The summed E-state index contributed by atoms with van der Waals surface area (Å²) in [6.45, 7) is 8.98. The van der Waals surface area contributed by atoms with Gasteiger partial charge in [-0.15, -0.1) is 5.10 Å². The Balaban J connectivity index is 2.26. The minimum atomic E-state index is -4.17. The van der Waals surface area contributed by atoms with Gasteiger partial charge in [-0.05, 0) is 45.2 Å². The molecule has 0 aliphatic rings. The summed E-state index contributed by atoms with van der Waals surface area (Å²) in [5, 5.41) is 9.28. The van der Waals surface area contributed by atoms with Gasteiger partial charge in [-0.1, -0.05) is 36.6 Å². The molecule has 1 aromatic heterocycles. The highest BCUT2D eigenvalue weighted by Gasteiger charge is 2.30. The van der Waals surface area contributed by atoms with E-state index in [0.717, 1.165) is 6.07 Å². The first-order chi connectivity index (χ1) is 13.8. The fourth-order valence-electron chi connectivity index (χ4n) is 2.55. The van der Waals surface area contributed by atoms with Crippen LogP contribution in [0.2, 0.25) is 5.02 Å². The Morgan fingerprint density at radius 3 is 2.53 bits per heavy atom. The van der Waals surface area contributed by atoms with Gasteiger partial charge in [0.1, 0.15) is 17.5 Å². The van der Waals surface area contributed by atoms with E-state index < -0.39 is 44.4 Å². The van der Waals surface area contributed by atoms with Crippen molar-refractivity contribution in [1.29, 1.82) is 0 Å². The van der Waals surface area contributed by atoms with Crippen LogP contribution in [-0.4, -0.2) is 30.3 Å². The number of carbonyl (C=O) groups excluding carboxylic acids is 1. The summed E-state index contributed by atoms with van der Waals surface area (Å²) in [4.78, 5) is 12.1. The Labute approximate surface area is 180 Å². The molecule has 0 radical (unpaired) electrons. The molecule has 0 aliphatic carbocycles. The minimum Gasteiger partial charge on any atom is -0.444 e. The number of nitrogens with zero attached hydrogens (tertiary/aromatic N) is 2. The molecular formula is C19H25ClFN3O5S. The van der Waals surface area contributed by atoms with Crippen molar-refractivity contribution in [3.8, 4) is 0 Å². The number of hydrogen-bond donors (Lipinski definition) is 1. The lowest BCUT2D eigenvalue weighted by Gasteiger charge is -2.22. The zero-order valence-electron chi connectivity index (χ0n) is 17.4. The highest BCUT2D eigenvalue weighted by molar-refractivity contribution is 7.90. The SMILES string of the molecule is CC(C)C[C@@H](NC(=O)OC(C)(C)C)c1nnc(S(=O)(=O)Cc2c(F)cccc2Cl)o1. The average molecular weight is 462 g/mol. The summed E-state index contributed by atoms with van der Waals surface area (Å²) in [5.41, 5.74) is -0.904. The lowest BCUT2D eigenvalue weighted by molar-refractivity contribution is 0.0487. The smallest absolute Gasteiger partial charge is 0.408 e. The third-order valence-electron chi connectivity index (χ3n) is 3.78. The van der Waals surface area contributed by atoms with Gasteiger partial charge in [0, 0.05) is 10.6 Å². The van der Waals surface area contributed by atoms with Gasteiger partial charge < -0.3 is 14.5 Å². The van der Waals surface area contributed by atoms with Crippen LogP contribution >= 0.6 is 11.6 Å². The summed E-state index contributed by atoms with van der Waals surface area (Å²) < 4.78 is 49.8. The molecule has 0 saturated heterocycles. The molecule has 0 unspecified atom stereocenters. The molecule has 2 aromatic rings. The molecule has 0 spiro atoms. The van der Waals surface area contributed by atoms with Gasteiger partial charge in [-0.3, -0.25) is 0 Å². The number of hydrogen-bond acceptors (Lipinski definition) is 7. The van der Waals surface area contributed by atoms with Gasteiger partial charge in [-0.2, -0.15) is 0 Å². The fraction of sp³-hybridized carbons (Fsp3) is 0.526. The molecule has 2 rings (SSSR count). The number of nitrogens with one attached hydrogen (secondary N) is 1. The number of sulfone groups is 1. The molecule has 0 fully saturated rings. The topological polar surface area (TPSA) is 111 Å². The Morgan fingerprint density at radius 2 is 1.97 bits per heavy atom. The first-order valence-corrected chi connectivity index (χ1v) is 11.3. The molecule has 166 valence electrons. The molecule has 1 amide bonds. The van der Waals surface area contributed by atoms with Crippen molar-refractivity contribution in [2.24, 2.45) is 5.92 Å². The van der Waals surface area contributed by atoms with Gasteiger partial charge in [-0.25, -0.2) is 17.6 Å². The molecule has 8 nitrogen and oxygen atoms in total. The van der Waals surface area contributed by atoms with Crippen LogP contribution in [0, 0.1) is 11.7 Å². The van der Waals surface area contributed by atoms with Gasteiger partial charge in [0.15, 0.2) is 0 Å². The number of halogens is 2. The molecular weight excluding hydrogens is 437 g/mol. The monoisotopic (exact) mass is 461 g/mol. The van der Waals surface area contributed by atoms with Crippen LogP contribution in [0.5, 0.6) is 0 Å². The Kier molecular flexibility index (Phi) is 7.46. The van der Waals surface area contributed by atoms with E-state index in [1.54, 1.807) is 20.8 Å². The zero-order chi connectivity index (χ0) is 22.7. The molecule has 0 saturated carbocycles. The summed E-state index contributed by atoms with van der Waals surface area (Å²) in [6.07, 6.45) is -0.297. The van der Waals surface area contributed by atoms with Crippen molar-refractivity contribution in [1.82, 2.24) is 15.5 Å². The van der Waals surface area contributed by atoms with Crippen molar-refractivity contribution in [3.05, 3.63) is 40.5 Å². The van der Waals surface area contributed by atoms with E-state index in [0.29, 0.717) is 6.42 Å². The standard InChI is InChI=1S/C19H25ClFN3O5S/c1-11(2)9-15(22-17(25)29-19(3,4)5)16-23-24-18(28-16)30(26,27)10-12-13(20)7-6-8-14(12)21/h6-8,11,15H,9-10H2,1-5H3,(H,22,25)/t15-/m1/s1. The minimum absolute atomic E-state index is 0.0254. The Morgan fingerprint density at radius 1 is 1.30 bits per heavy atom. The lowest BCUT2D eigenvalue weighted by Crippen LogP contribution is -2.35. The summed E-state index contributed by atoms with van der Waals surface area (Å²) in [7, 11) is -4.17. The molecule has 0 bridgehead atoms. The molecule has 1 N–H and O–H groups in total. The third kappa shape index (κ3) is 6.66. The number of benzene rings is 1. The van der Waals surface area contributed by atoms with Gasteiger partial charge in [0.25, 0.3) is 0 Å². The Bertz CT molecular complexity index is 982. The van der Waals surface area contributed by atoms with Crippen LogP contribution in [0.15, 0.2) is 27.8 Å². The van der Waals surface area contributed by atoms with E-state index in [1.807, 2.05) is 13.8 Å². The largest absolute Gasteiger partial charge is 0.444 e. The molecule has 1 atom stereocenters. The zero-order valence-corrected chi connectivity index (χ0v) is 19.0. The van der Waals surface area contributed by atoms with E-state index >= 15 is 0 Å². The molecule has 1 aromatic carbocycles. The van der Waals surface area contributed by atoms with Crippen LogP contribution < -0.4 is 5.32 Å². The first-order valence-electron chi connectivity index (χ1n) is 9.27. The Hall–Kier alpha value is -2.20. The maximum Gasteiger partial charge on any atom is 0.408 e. The van der Waals surface area contributed by atoms with Crippen molar-refractivity contribution < 1.29 is 26.8 Å². The summed E-state index contributed by atoms with van der Waals surface area (Å²) in [6, 6.07) is 3.11. The van der Waals surface area contributed by atoms with E-state index in [4.69, 9.17) is 20.8 Å². The van der Waals surface area contributed by atoms with Crippen molar-refractivity contribution in [2.75, 3.05) is 0 Å². The molecule has 1 heterocycles. The predicted molar refractivity (Wildman–Crippen MR) is 108 cm³/mol. The van der Waals surface area contributed by atoms with Gasteiger partial charge >= 0.3 is 11.3 Å². The van der Waals surface area contributed by atoms with Crippen molar-refractivity contribution >= 4 is 27.5 Å². The van der Waals surface area contributed by atoms with Crippen LogP contribution in [0.3, 0.4) is 0 Å². The number of ether oxygens (including phenoxy) is 1. The van der Waals surface area contributed by atoms with E-state index in [-0.39, 0.29) is 22.4 Å². The predicted octanol–water partition coefficient (Wildman–Crippen LogP) is 4.45. The fourth-order valence-corrected chi connectivity index (χ4v) is 4.04. The third-order valence-corrected chi connectivity index (χ3v) is 5.50. The number of alkyl carbamates (subject to hydrolysis) is 1. The van der Waals surface area contributed by atoms with Gasteiger partial charge in [0.2, 0.25) is 15.7 Å². The van der Waals surface area contributed by atoms with Crippen molar-refractivity contribution in [3.63, 3.8) is 0 Å². The summed E-state index contributed by atoms with van der Waals surface area (Å²) >= 11 is 5.91. The van der Waals surface area contributed by atoms with Crippen LogP contribution in [0.4, 0.5) is 9.18 Å². The molecule has 11 heteroatoms. The average Bonchev–Trinajstić information content (AvgIpc) is 3.06. The molecule has 30 heavy (non-hydrogen) atoms. The molecule has 0 aliphatic heterocycles. The number of rotatable bonds is 7. The highest BCUT2D eigenvalue weighted by Crippen LogP contribution is 2.26. The second-order valence-electron chi connectivity index (χ2n) is 8.19. The van der Waals surface area contributed by atoms with Crippen LogP contribution in [0.25, 0.3) is 0 Å². The number of amides is 1. The van der Waals surface area contributed by atoms with E-state index in [1.165, 1.54) is 12.1 Å². The summed E-state index contributed by atoms with van der Waals surface area (Å²) in [5.74, 6) is -1.47. The van der Waals surface area contributed by atoms with Gasteiger partial charge in [0.05, 0.1) is 5.75 Å². The maximum absolute atomic E-state index is 14.0. The number of aromatic nitrogens is 2. The first kappa shape index (κ1) is 24.1. The second-order valence-corrected chi connectivity index (χ2v) is 10.5. The number of carbonyl (C=O) groups is 1. The van der Waals surface area contributed by atoms with E-state index in [2.05, 4.69) is 15.5 Å². The quantitative estimate of drug-likeness (QED) is 0.648. The van der Waals surface area contributed by atoms with Crippen LogP contribution in [-0.2, 0) is 20.3 Å². The van der Waals surface area contributed by atoms with E-state index in [9.17, 15) is 17.6 Å². The normalized spacial score (nSPS) is 13.3. The van der Waals surface area contributed by atoms with Crippen LogP contribution in [0.1, 0.15) is 58.5 Å². The lowest BCUT2D eigenvalue weighted by atomic mass is 10.0. The highest BCUT2D eigenvalue weighted by atomic mass is 35.5. The second kappa shape index (κ2) is 9.30. The van der Waals surface area contributed by atoms with Crippen molar-refractivity contribution in [2.45, 2.75) is 63.7 Å².